The number of amides is 1. The Morgan fingerprint density at radius 3 is 2.48 bits per heavy atom. The van der Waals surface area contributed by atoms with E-state index in [0.717, 1.165) is 5.56 Å². The molecule has 119 valence electrons. The number of hydrogen-bond acceptors (Lipinski definition) is 3. The van der Waals surface area contributed by atoms with Gasteiger partial charge in [-0.3, -0.25) is 4.79 Å². The van der Waals surface area contributed by atoms with Gasteiger partial charge < -0.3 is 16.2 Å². The van der Waals surface area contributed by atoms with Crippen LogP contribution < -0.4 is 11.1 Å². The molecule has 1 amide bonds. The molecule has 0 aliphatic carbocycles. The van der Waals surface area contributed by atoms with Crippen molar-refractivity contribution in [3.05, 3.63) is 59.7 Å². The van der Waals surface area contributed by atoms with Gasteiger partial charge in [0, 0.05) is 32.7 Å². The molecule has 2 aromatic carbocycles. The van der Waals surface area contributed by atoms with Crippen molar-refractivity contribution >= 4 is 17.3 Å². The predicted molar refractivity (Wildman–Crippen MR) is 88.4 cm³/mol. The molecule has 4 nitrogen and oxygen atoms in total. The van der Waals surface area contributed by atoms with Crippen LogP contribution in [0.25, 0.3) is 0 Å². The van der Waals surface area contributed by atoms with Gasteiger partial charge in [-0.1, -0.05) is 41.2 Å². The minimum Gasteiger partial charge on any atom is -0.420 e. The minimum absolute atomic E-state index is 0. The third kappa shape index (κ3) is 6.06. The molecule has 0 fully saturated rings. The number of benzene rings is 2. The monoisotopic (exact) mass is 386 g/mol. The summed E-state index contributed by atoms with van der Waals surface area (Å²) in [5.41, 5.74) is 7.46. The second-order valence-corrected chi connectivity index (χ2v) is 5.75. The quantitative estimate of drug-likeness (QED) is 0.546. The smallest absolute Gasteiger partial charge is 0.245 e. The third-order valence-corrected chi connectivity index (χ3v) is 3.60. The van der Waals surface area contributed by atoms with Crippen molar-refractivity contribution in [1.29, 1.82) is 0 Å². The summed E-state index contributed by atoms with van der Waals surface area (Å²) in [4.78, 5) is 12.2. The molecule has 0 saturated heterocycles. The summed E-state index contributed by atoms with van der Waals surface area (Å²) < 4.78 is 0. The van der Waals surface area contributed by atoms with Crippen LogP contribution in [-0.4, -0.2) is 16.6 Å². The molecule has 0 heterocycles. The van der Waals surface area contributed by atoms with E-state index in [0.29, 0.717) is 24.2 Å². The van der Waals surface area contributed by atoms with Crippen LogP contribution in [0.3, 0.4) is 0 Å². The Bertz CT molecular complexity index is 637. The predicted octanol–water partition coefficient (Wildman–Crippen LogP) is 2.70. The van der Waals surface area contributed by atoms with Crippen molar-refractivity contribution < 1.29 is 42.6 Å². The maximum absolute atomic E-state index is 12.2. The minimum atomic E-state index is -1.44. The van der Waals surface area contributed by atoms with Crippen molar-refractivity contribution in [1.82, 2.24) is 0 Å². The molecule has 2 rings (SSSR count). The van der Waals surface area contributed by atoms with Gasteiger partial charge in [0.15, 0.2) is 0 Å². The first-order valence-corrected chi connectivity index (χ1v) is 7.23. The van der Waals surface area contributed by atoms with Crippen molar-refractivity contribution in [2.75, 3.05) is 11.1 Å². The van der Waals surface area contributed by atoms with Crippen molar-refractivity contribution in [2.45, 2.75) is 32.3 Å². The Hall–Kier alpha value is -1.23. The first-order valence-electron chi connectivity index (χ1n) is 7.23. The van der Waals surface area contributed by atoms with Gasteiger partial charge in [-0.25, -0.2) is 0 Å². The van der Waals surface area contributed by atoms with Gasteiger partial charge in [0.25, 0.3) is 0 Å². The zero-order chi connectivity index (χ0) is 16.2. The van der Waals surface area contributed by atoms with Crippen LogP contribution in [0.4, 0.5) is 11.4 Å². The summed E-state index contributed by atoms with van der Waals surface area (Å²) in [6.07, 6.45) is 0.981. The maximum Gasteiger partial charge on any atom is 0.245 e. The van der Waals surface area contributed by atoms with Gasteiger partial charge in [0.2, 0.25) is 5.91 Å². The zero-order valence-corrected chi connectivity index (χ0v) is 16.3. The number of carbonyl (C=O) groups excluding carboxylic acids is 1. The number of hydrogen-bond donors (Lipinski definition) is 3. The van der Waals surface area contributed by atoms with E-state index in [4.69, 9.17) is 5.73 Å². The molecule has 0 spiro atoms. The van der Waals surface area contributed by atoms with E-state index in [9.17, 15) is 9.90 Å². The van der Waals surface area contributed by atoms with E-state index in [2.05, 4.69) is 11.4 Å². The van der Waals surface area contributed by atoms with Gasteiger partial charge in [-0.2, -0.15) is 12.1 Å². The first kappa shape index (κ1) is 19.8. The molecule has 23 heavy (non-hydrogen) atoms. The van der Waals surface area contributed by atoms with E-state index in [1.807, 2.05) is 31.2 Å². The summed E-state index contributed by atoms with van der Waals surface area (Å²) in [6, 6.07) is 15.8. The first-order chi connectivity index (χ1) is 10.4. The molecule has 4 N–H and O–H groups in total. The Labute approximate surface area is 162 Å². The summed E-state index contributed by atoms with van der Waals surface area (Å²) in [6.45, 7) is 3.55. The average molecular weight is 386 g/mol. The van der Waals surface area contributed by atoms with Crippen molar-refractivity contribution in [3.63, 3.8) is 0 Å². The summed E-state index contributed by atoms with van der Waals surface area (Å²) >= 11 is 0. The van der Waals surface area contributed by atoms with Gasteiger partial charge in [0.05, 0.1) is 0 Å². The number of aryl methyl sites for hydroxylation is 2. The molecule has 0 aliphatic rings. The largest absolute Gasteiger partial charge is 0.420 e. The van der Waals surface area contributed by atoms with E-state index in [1.165, 1.54) is 12.5 Å². The maximum atomic E-state index is 12.2. The second-order valence-electron chi connectivity index (χ2n) is 5.75. The number of nitrogens with one attached hydrogen (secondary N) is 1. The van der Waals surface area contributed by atoms with Gasteiger partial charge >= 0.3 is 0 Å². The summed E-state index contributed by atoms with van der Waals surface area (Å²) in [7, 11) is 0. The van der Waals surface area contributed by atoms with Crippen LogP contribution in [0.2, 0.25) is 0 Å². The van der Waals surface area contributed by atoms with E-state index >= 15 is 0 Å². The van der Waals surface area contributed by atoms with Crippen LogP contribution in [0.5, 0.6) is 0 Å². The molecule has 5 heteroatoms. The Morgan fingerprint density at radius 1 is 1.26 bits per heavy atom. The average Bonchev–Trinajstić information content (AvgIpc) is 2.49. The van der Waals surface area contributed by atoms with E-state index < -0.39 is 11.5 Å². The summed E-state index contributed by atoms with van der Waals surface area (Å²) in [5.74, 6) is -0.433. The van der Waals surface area contributed by atoms with E-state index in [-0.39, 0.29) is 32.7 Å². The molecular weight excluding hydrogens is 365 g/mol. The Morgan fingerprint density at radius 2 is 1.91 bits per heavy atom. The summed E-state index contributed by atoms with van der Waals surface area (Å²) in [5, 5.41) is 13.0. The number of nitrogen functional groups attached to an aromatic ring is 1. The third-order valence-electron chi connectivity index (χ3n) is 3.60. The Kier molecular flexibility index (Phi) is 7.39. The normalized spacial score (nSPS) is 12.8. The number of aliphatic hydroxyl groups is 1. The fourth-order valence-corrected chi connectivity index (χ4v) is 2.04. The fraction of sp³-hybridized carbons (Fsp3) is 0.278. The second kappa shape index (κ2) is 8.58. The van der Waals surface area contributed by atoms with E-state index in [1.54, 1.807) is 18.2 Å². The van der Waals surface area contributed by atoms with Crippen molar-refractivity contribution in [2.24, 2.45) is 0 Å². The molecule has 0 aliphatic heterocycles. The topological polar surface area (TPSA) is 75.3 Å². The van der Waals surface area contributed by atoms with Crippen LogP contribution >= 0.6 is 0 Å². The fourth-order valence-electron chi connectivity index (χ4n) is 2.04. The van der Waals surface area contributed by atoms with Crippen LogP contribution in [0, 0.1) is 13.0 Å². The van der Waals surface area contributed by atoms with Gasteiger partial charge in [0.1, 0.15) is 5.60 Å². The molecule has 0 saturated carbocycles. The van der Waals surface area contributed by atoms with Gasteiger partial charge in [-0.15, -0.1) is 12.1 Å². The van der Waals surface area contributed by atoms with Crippen LogP contribution in [-0.2, 0) is 43.9 Å². The molecule has 0 aromatic heterocycles. The van der Waals surface area contributed by atoms with Gasteiger partial charge in [-0.05, 0) is 32.3 Å². The molecular formula is C18H21N2O2Y-. The van der Waals surface area contributed by atoms with Crippen LogP contribution in [0.1, 0.15) is 24.5 Å². The molecule has 1 atom stereocenters. The number of anilines is 2. The SMILES string of the molecule is Cc1ccc(CC[C@](C)(O)C(=O)Nc2c[c-]c(N)cc2)cc1.[Y]. The zero-order valence-electron chi connectivity index (χ0n) is 13.5. The number of carbonyl (C=O) groups is 1. The number of nitrogens with two attached hydrogens (primary N) is 1. The molecule has 1 radical (unpaired) electrons. The molecule has 0 bridgehead atoms. The van der Waals surface area contributed by atoms with Crippen LogP contribution in [0.15, 0.2) is 42.5 Å². The van der Waals surface area contributed by atoms with Crippen molar-refractivity contribution in [3.8, 4) is 0 Å². The molecule has 0 unspecified atom stereocenters. The number of rotatable bonds is 5. The molecule has 2 aromatic rings. The Balaban J connectivity index is 0.00000264. The standard InChI is InChI=1S/C18H21N2O2.Y/c1-13-3-5-14(6-4-13)11-12-18(2,22)17(21)20-16-9-7-15(19)8-10-16;/h3-7,9-10,22H,11-12,19H2,1-2H3,(H,20,21);/q-1;/t18-;/m0./s1.